The fourth-order valence-corrected chi connectivity index (χ4v) is 5.05. The molecule has 4 rings (SSSR count). The highest BCUT2D eigenvalue weighted by Crippen LogP contribution is 2.27. The van der Waals surface area contributed by atoms with Gasteiger partial charge in [0, 0.05) is 43.3 Å². The van der Waals surface area contributed by atoms with Crippen LogP contribution >= 0.6 is 0 Å². The molecule has 1 saturated heterocycles. The van der Waals surface area contributed by atoms with Crippen LogP contribution in [-0.4, -0.2) is 42.3 Å². The maximum Gasteiger partial charge on any atom is 0.243 e. The number of hydrogen-bond acceptors (Lipinski definition) is 3. The Balaban J connectivity index is 1.56. The highest BCUT2D eigenvalue weighted by molar-refractivity contribution is 7.89. The number of hydrogen-bond donors (Lipinski definition) is 1. The maximum atomic E-state index is 13.0. The van der Waals surface area contributed by atoms with Crippen molar-refractivity contribution >= 4 is 26.8 Å². The predicted octanol–water partition coefficient (Wildman–Crippen LogP) is 1.86. The molecule has 2 heterocycles. The van der Waals surface area contributed by atoms with E-state index in [1.165, 1.54) is 4.31 Å². The molecule has 6 nitrogen and oxygen atoms in total. The van der Waals surface area contributed by atoms with Gasteiger partial charge in [0.1, 0.15) is 0 Å². The van der Waals surface area contributed by atoms with E-state index in [2.05, 4.69) is 5.32 Å². The van der Waals surface area contributed by atoms with Crippen LogP contribution in [0.15, 0.2) is 35.4 Å². The van der Waals surface area contributed by atoms with Crippen LogP contribution in [0.3, 0.4) is 0 Å². The lowest BCUT2D eigenvalue weighted by Gasteiger charge is -2.31. The summed E-state index contributed by atoms with van der Waals surface area (Å²) in [5.74, 6) is -0.245. The second-order valence-electron chi connectivity index (χ2n) is 7.13. The number of sulfonamides is 1. The van der Waals surface area contributed by atoms with Crippen molar-refractivity contribution < 1.29 is 13.2 Å². The summed E-state index contributed by atoms with van der Waals surface area (Å²) in [5, 5.41) is 3.91. The van der Waals surface area contributed by atoms with Gasteiger partial charge < -0.3 is 9.88 Å². The van der Waals surface area contributed by atoms with Crippen molar-refractivity contribution in [2.75, 3.05) is 13.1 Å². The average Bonchev–Trinajstić information content (AvgIpc) is 3.36. The number of carbonyl (C=O) groups is 1. The van der Waals surface area contributed by atoms with Gasteiger partial charge in [0.05, 0.1) is 10.8 Å². The van der Waals surface area contributed by atoms with Gasteiger partial charge in [0.25, 0.3) is 0 Å². The Bertz CT molecular complexity index is 915. The molecule has 1 atom stereocenters. The molecule has 1 aliphatic heterocycles. The minimum absolute atomic E-state index is 0.000844. The predicted molar refractivity (Wildman–Crippen MR) is 95.6 cm³/mol. The Kier molecular flexibility index (Phi) is 4.08. The van der Waals surface area contributed by atoms with Gasteiger partial charge >= 0.3 is 0 Å². The molecular formula is C18H23N3O3S. The second-order valence-corrected chi connectivity index (χ2v) is 9.07. The fraction of sp³-hybridized carbons (Fsp3) is 0.500. The third kappa shape index (κ3) is 3.18. The Hall–Kier alpha value is -1.86. The summed E-state index contributed by atoms with van der Waals surface area (Å²) < 4.78 is 29.5. The monoisotopic (exact) mass is 361 g/mol. The Morgan fingerprint density at radius 1 is 1.20 bits per heavy atom. The van der Waals surface area contributed by atoms with Crippen LogP contribution in [0.4, 0.5) is 0 Å². The number of nitrogens with zero attached hydrogens (tertiary/aromatic N) is 2. The molecule has 2 aromatic rings. The molecule has 1 aliphatic carbocycles. The summed E-state index contributed by atoms with van der Waals surface area (Å²) in [5.41, 5.74) is 0.999. The van der Waals surface area contributed by atoms with E-state index in [1.54, 1.807) is 12.1 Å². The quantitative estimate of drug-likeness (QED) is 0.903. The SMILES string of the molecule is Cn1ccc2cc(S(=O)(=O)N3CCC[C@H](C(=O)NC4CC4)C3)ccc21. The van der Waals surface area contributed by atoms with Crippen molar-refractivity contribution in [3.63, 3.8) is 0 Å². The number of aryl methyl sites for hydroxylation is 1. The summed E-state index contributed by atoms with van der Waals surface area (Å²) >= 11 is 0. The summed E-state index contributed by atoms with van der Waals surface area (Å²) in [6, 6.07) is 7.43. The van der Waals surface area contributed by atoms with Crippen LogP contribution < -0.4 is 5.32 Å². The molecular weight excluding hydrogens is 338 g/mol. The van der Waals surface area contributed by atoms with Gasteiger partial charge in [-0.3, -0.25) is 4.79 Å². The normalized spacial score (nSPS) is 22.2. The highest BCUT2D eigenvalue weighted by atomic mass is 32.2. The van der Waals surface area contributed by atoms with Gasteiger partial charge in [-0.2, -0.15) is 4.31 Å². The Labute approximate surface area is 147 Å². The van der Waals surface area contributed by atoms with E-state index in [0.29, 0.717) is 17.5 Å². The molecule has 1 saturated carbocycles. The molecule has 25 heavy (non-hydrogen) atoms. The Morgan fingerprint density at radius 2 is 2.00 bits per heavy atom. The summed E-state index contributed by atoms with van der Waals surface area (Å²) in [6.45, 7) is 0.746. The lowest BCUT2D eigenvalue weighted by atomic mass is 9.99. The number of carbonyl (C=O) groups excluding carboxylic acids is 1. The largest absolute Gasteiger partial charge is 0.353 e. The van der Waals surface area contributed by atoms with Crippen molar-refractivity contribution in [3.8, 4) is 0 Å². The van der Waals surface area contributed by atoms with Crippen LogP contribution in [0.1, 0.15) is 25.7 Å². The van der Waals surface area contributed by atoms with Gasteiger partial charge in [-0.25, -0.2) is 8.42 Å². The number of aromatic nitrogens is 1. The number of amides is 1. The van der Waals surface area contributed by atoms with Crippen molar-refractivity contribution in [1.29, 1.82) is 0 Å². The number of fused-ring (bicyclic) bond motifs is 1. The standard InChI is InChI=1S/C18H23N3O3S/c1-20-10-8-13-11-16(6-7-17(13)20)25(23,24)21-9-2-3-14(12-21)18(22)19-15-4-5-15/h6-8,10-11,14-15H,2-5,9,12H2,1H3,(H,19,22)/t14-/m0/s1. The van der Waals surface area contributed by atoms with Crippen molar-refractivity contribution in [3.05, 3.63) is 30.5 Å². The molecule has 1 amide bonds. The van der Waals surface area contributed by atoms with Gasteiger partial charge in [-0.15, -0.1) is 0 Å². The van der Waals surface area contributed by atoms with E-state index < -0.39 is 10.0 Å². The Morgan fingerprint density at radius 3 is 2.76 bits per heavy atom. The number of nitrogens with one attached hydrogen (secondary N) is 1. The molecule has 0 unspecified atom stereocenters. The highest BCUT2D eigenvalue weighted by Gasteiger charge is 2.35. The van der Waals surface area contributed by atoms with E-state index in [9.17, 15) is 13.2 Å². The van der Waals surface area contributed by atoms with E-state index in [0.717, 1.165) is 36.6 Å². The third-order valence-corrected chi connectivity index (χ3v) is 7.03. The molecule has 0 spiro atoms. The van der Waals surface area contributed by atoms with E-state index in [4.69, 9.17) is 0 Å². The van der Waals surface area contributed by atoms with Gasteiger partial charge in [-0.1, -0.05) is 0 Å². The lowest BCUT2D eigenvalue weighted by Crippen LogP contribution is -2.45. The van der Waals surface area contributed by atoms with Gasteiger partial charge in [0.2, 0.25) is 15.9 Å². The number of benzene rings is 1. The minimum Gasteiger partial charge on any atom is -0.353 e. The van der Waals surface area contributed by atoms with Crippen LogP contribution in [-0.2, 0) is 21.9 Å². The minimum atomic E-state index is -3.58. The molecule has 2 fully saturated rings. The van der Waals surface area contributed by atoms with Crippen LogP contribution in [0.25, 0.3) is 10.9 Å². The molecule has 0 radical (unpaired) electrons. The van der Waals surface area contributed by atoms with E-state index in [1.807, 2.05) is 29.9 Å². The zero-order valence-corrected chi connectivity index (χ0v) is 15.1. The van der Waals surface area contributed by atoms with Gasteiger partial charge in [-0.05, 0) is 49.9 Å². The van der Waals surface area contributed by atoms with Crippen LogP contribution in [0, 0.1) is 5.92 Å². The van der Waals surface area contributed by atoms with E-state index >= 15 is 0 Å². The number of rotatable bonds is 4. The average molecular weight is 361 g/mol. The molecule has 1 aromatic carbocycles. The molecule has 7 heteroatoms. The van der Waals surface area contributed by atoms with Crippen molar-refractivity contribution in [2.45, 2.75) is 36.6 Å². The molecule has 1 aromatic heterocycles. The van der Waals surface area contributed by atoms with Crippen LogP contribution in [0.2, 0.25) is 0 Å². The zero-order chi connectivity index (χ0) is 17.6. The summed E-state index contributed by atoms with van der Waals surface area (Å²) in [6.07, 6.45) is 5.47. The first kappa shape index (κ1) is 16.6. The van der Waals surface area contributed by atoms with Crippen molar-refractivity contribution in [2.24, 2.45) is 13.0 Å². The molecule has 1 N–H and O–H groups in total. The molecule has 0 bridgehead atoms. The lowest BCUT2D eigenvalue weighted by molar-refractivity contribution is -0.126. The summed E-state index contributed by atoms with van der Waals surface area (Å²) in [4.78, 5) is 12.6. The number of piperidine rings is 1. The molecule has 2 aliphatic rings. The van der Waals surface area contributed by atoms with Gasteiger partial charge in [0.15, 0.2) is 0 Å². The third-order valence-electron chi connectivity index (χ3n) is 5.17. The summed E-state index contributed by atoms with van der Waals surface area (Å²) in [7, 11) is -1.64. The first-order valence-electron chi connectivity index (χ1n) is 8.81. The van der Waals surface area contributed by atoms with Crippen LogP contribution in [0.5, 0.6) is 0 Å². The fourth-order valence-electron chi connectivity index (χ4n) is 3.49. The smallest absolute Gasteiger partial charge is 0.243 e. The maximum absolute atomic E-state index is 13.0. The second kappa shape index (κ2) is 6.14. The van der Waals surface area contributed by atoms with Crippen molar-refractivity contribution in [1.82, 2.24) is 14.2 Å². The van der Waals surface area contributed by atoms with E-state index in [-0.39, 0.29) is 18.4 Å². The molecule has 134 valence electrons. The topological polar surface area (TPSA) is 71.4 Å². The first-order valence-corrected chi connectivity index (χ1v) is 10.2. The zero-order valence-electron chi connectivity index (χ0n) is 14.3. The first-order chi connectivity index (χ1) is 11.9.